The Labute approximate surface area is 131 Å². The quantitative estimate of drug-likeness (QED) is 0.581. The fourth-order valence-corrected chi connectivity index (χ4v) is 2.55. The van der Waals surface area contributed by atoms with Gasteiger partial charge in [0.1, 0.15) is 18.7 Å². The number of hydrogen-bond acceptors (Lipinski definition) is 4. The Balaban J connectivity index is 1.74. The van der Waals surface area contributed by atoms with E-state index in [2.05, 4.69) is 15.1 Å². The largest absolute Gasteiger partial charge is 0.488 e. The van der Waals surface area contributed by atoms with Crippen molar-refractivity contribution < 1.29 is 4.74 Å². The van der Waals surface area contributed by atoms with Crippen LogP contribution in [0.4, 0.5) is 0 Å². The van der Waals surface area contributed by atoms with Gasteiger partial charge in [0, 0.05) is 16.8 Å². The molecule has 0 saturated heterocycles. The van der Waals surface area contributed by atoms with Gasteiger partial charge in [0.25, 0.3) is 5.78 Å². The van der Waals surface area contributed by atoms with Crippen LogP contribution in [0.1, 0.15) is 5.56 Å². The Kier molecular flexibility index (Phi) is 3.12. The molecule has 2 heterocycles. The summed E-state index contributed by atoms with van der Waals surface area (Å²) in [6.45, 7) is 0.397. The fourth-order valence-electron chi connectivity index (χ4n) is 2.36. The second-order valence-corrected chi connectivity index (χ2v) is 5.21. The van der Waals surface area contributed by atoms with E-state index in [1.165, 1.54) is 6.33 Å². The van der Waals surface area contributed by atoms with Crippen LogP contribution in [-0.2, 0) is 6.61 Å². The van der Waals surface area contributed by atoms with Crippen LogP contribution >= 0.6 is 11.6 Å². The van der Waals surface area contributed by atoms with Crippen molar-refractivity contribution >= 4 is 28.3 Å². The number of ether oxygens (including phenoxy) is 1. The van der Waals surface area contributed by atoms with Crippen LogP contribution in [0, 0.1) is 0 Å². The zero-order valence-corrected chi connectivity index (χ0v) is 12.2. The minimum absolute atomic E-state index is 0.397. The van der Waals surface area contributed by atoms with Gasteiger partial charge < -0.3 is 4.74 Å². The average Bonchev–Trinajstić information content (AvgIpc) is 3.03. The number of fused-ring (bicyclic) bond motifs is 3. The summed E-state index contributed by atoms with van der Waals surface area (Å²) in [5, 5.41) is 5.76. The van der Waals surface area contributed by atoms with Crippen molar-refractivity contribution in [1.82, 2.24) is 19.6 Å². The monoisotopic (exact) mass is 310 g/mol. The zero-order valence-electron chi connectivity index (χ0n) is 11.5. The first-order chi connectivity index (χ1) is 10.8. The lowest BCUT2D eigenvalue weighted by Crippen LogP contribution is -1.99. The van der Waals surface area contributed by atoms with Crippen molar-refractivity contribution in [3.63, 3.8) is 0 Å². The van der Waals surface area contributed by atoms with Gasteiger partial charge in [-0.05, 0) is 18.2 Å². The maximum absolute atomic E-state index is 6.16. The van der Waals surface area contributed by atoms with E-state index >= 15 is 0 Å². The topological polar surface area (TPSA) is 52.3 Å². The number of benzene rings is 2. The van der Waals surface area contributed by atoms with E-state index in [4.69, 9.17) is 16.3 Å². The van der Waals surface area contributed by atoms with Crippen molar-refractivity contribution in [1.29, 1.82) is 0 Å². The molecule has 2 aromatic heterocycles. The van der Waals surface area contributed by atoms with Crippen LogP contribution in [0.15, 0.2) is 55.0 Å². The van der Waals surface area contributed by atoms with E-state index in [1.54, 1.807) is 10.7 Å². The van der Waals surface area contributed by atoms with Gasteiger partial charge in [-0.25, -0.2) is 4.98 Å². The number of rotatable bonds is 3. The van der Waals surface area contributed by atoms with E-state index in [9.17, 15) is 0 Å². The standard InChI is InChI=1S/C16H11ClN4O/c17-13-5-2-1-4-11(13)9-22-15-7-3-6-14-12(15)8-18-16-19-10-20-21(14)16/h1-8,10H,9H2. The number of nitrogens with zero attached hydrogens (tertiary/aromatic N) is 4. The van der Waals surface area contributed by atoms with Crippen LogP contribution in [0.5, 0.6) is 5.75 Å². The molecule has 0 bridgehead atoms. The molecule has 0 aliphatic carbocycles. The molecule has 0 spiro atoms. The van der Waals surface area contributed by atoms with Crippen molar-refractivity contribution in [2.24, 2.45) is 0 Å². The Morgan fingerprint density at radius 3 is 2.86 bits per heavy atom. The molecule has 0 radical (unpaired) electrons. The van der Waals surface area contributed by atoms with Crippen molar-refractivity contribution in [3.8, 4) is 5.75 Å². The smallest absolute Gasteiger partial charge is 0.252 e. The molecule has 5 nitrogen and oxygen atoms in total. The first kappa shape index (κ1) is 13.0. The fraction of sp³-hybridized carbons (Fsp3) is 0.0625. The van der Waals surface area contributed by atoms with Gasteiger partial charge in [-0.2, -0.15) is 14.6 Å². The summed E-state index contributed by atoms with van der Waals surface area (Å²) in [6, 6.07) is 13.4. The van der Waals surface area contributed by atoms with Gasteiger partial charge >= 0.3 is 0 Å². The summed E-state index contributed by atoms with van der Waals surface area (Å²) in [4.78, 5) is 8.37. The molecule has 0 aliphatic heterocycles. The van der Waals surface area contributed by atoms with Gasteiger partial charge in [0.2, 0.25) is 0 Å². The maximum atomic E-state index is 6.16. The van der Waals surface area contributed by atoms with E-state index in [-0.39, 0.29) is 0 Å². The van der Waals surface area contributed by atoms with E-state index in [0.717, 1.165) is 22.2 Å². The molecular weight excluding hydrogens is 300 g/mol. The summed E-state index contributed by atoms with van der Waals surface area (Å²) < 4.78 is 7.62. The summed E-state index contributed by atoms with van der Waals surface area (Å²) in [5.41, 5.74) is 1.84. The Hall–Kier alpha value is -2.66. The molecule has 0 saturated carbocycles. The van der Waals surface area contributed by atoms with Gasteiger partial charge in [0.05, 0.1) is 10.9 Å². The number of halogens is 1. The molecule has 0 unspecified atom stereocenters. The first-order valence-corrected chi connectivity index (χ1v) is 7.14. The zero-order chi connectivity index (χ0) is 14.9. The van der Waals surface area contributed by atoms with Crippen LogP contribution in [0.3, 0.4) is 0 Å². The second kappa shape index (κ2) is 5.27. The molecule has 108 valence electrons. The maximum Gasteiger partial charge on any atom is 0.252 e. The SMILES string of the molecule is Clc1ccccc1COc1cccc2c1cnc1ncnn12. The normalized spacial score (nSPS) is 11.1. The Morgan fingerprint density at radius 1 is 1.05 bits per heavy atom. The third kappa shape index (κ3) is 2.16. The van der Waals surface area contributed by atoms with Crippen molar-refractivity contribution in [2.45, 2.75) is 6.61 Å². The van der Waals surface area contributed by atoms with Crippen molar-refractivity contribution in [2.75, 3.05) is 0 Å². The Morgan fingerprint density at radius 2 is 1.95 bits per heavy atom. The van der Waals surface area contributed by atoms with Crippen LogP contribution in [-0.4, -0.2) is 19.6 Å². The molecule has 0 N–H and O–H groups in total. The van der Waals surface area contributed by atoms with E-state index in [1.807, 2.05) is 42.5 Å². The highest BCUT2D eigenvalue weighted by atomic mass is 35.5. The minimum Gasteiger partial charge on any atom is -0.488 e. The molecule has 0 fully saturated rings. The predicted molar refractivity (Wildman–Crippen MR) is 84.1 cm³/mol. The lowest BCUT2D eigenvalue weighted by Gasteiger charge is -2.10. The molecule has 6 heteroatoms. The average molecular weight is 311 g/mol. The van der Waals surface area contributed by atoms with E-state index < -0.39 is 0 Å². The summed E-state index contributed by atoms with van der Waals surface area (Å²) in [6.07, 6.45) is 3.24. The highest BCUT2D eigenvalue weighted by molar-refractivity contribution is 6.31. The van der Waals surface area contributed by atoms with Gasteiger partial charge in [-0.1, -0.05) is 35.9 Å². The summed E-state index contributed by atoms with van der Waals surface area (Å²) in [7, 11) is 0. The summed E-state index contributed by atoms with van der Waals surface area (Å²) >= 11 is 6.16. The van der Waals surface area contributed by atoms with Gasteiger partial charge in [-0.15, -0.1) is 0 Å². The lowest BCUT2D eigenvalue weighted by molar-refractivity contribution is 0.310. The highest BCUT2D eigenvalue weighted by Crippen LogP contribution is 2.26. The highest BCUT2D eigenvalue weighted by Gasteiger charge is 2.08. The number of aromatic nitrogens is 4. The molecule has 2 aromatic carbocycles. The molecular formula is C16H11ClN4O. The molecule has 4 aromatic rings. The molecule has 0 atom stereocenters. The molecule has 0 aliphatic rings. The number of hydrogen-bond donors (Lipinski definition) is 0. The minimum atomic E-state index is 0.397. The molecule has 4 rings (SSSR count). The third-order valence-corrected chi connectivity index (χ3v) is 3.82. The lowest BCUT2D eigenvalue weighted by atomic mass is 10.2. The first-order valence-electron chi connectivity index (χ1n) is 6.76. The van der Waals surface area contributed by atoms with Gasteiger partial charge in [-0.3, -0.25) is 0 Å². The summed E-state index contributed by atoms with van der Waals surface area (Å²) in [5.74, 6) is 1.30. The molecule has 0 amide bonds. The van der Waals surface area contributed by atoms with Crippen molar-refractivity contribution in [3.05, 3.63) is 65.6 Å². The van der Waals surface area contributed by atoms with Crippen LogP contribution < -0.4 is 4.74 Å². The molecule has 22 heavy (non-hydrogen) atoms. The Bertz CT molecular complexity index is 967. The third-order valence-electron chi connectivity index (χ3n) is 3.45. The second-order valence-electron chi connectivity index (χ2n) is 4.80. The van der Waals surface area contributed by atoms with E-state index in [0.29, 0.717) is 17.4 Å². The van der Waals surface area contributed by atoms with Gasteiger partial charge in [0.15, 0.2) is 0 Å². The predicted octanol–water partition coefficient (Wildman–Crippen LogP) is 3.51. The van der Waals surface area contributed by atoms with Crippen LogP contribution in [0.25, 0.3) is 16.7 Å². The van der Waals surface area contributed by atoms with Crippen LogP contribution in [0.2, 0.25) is 5.02 Å².